The van der Waals surface area contributed by atoms with Gasteiger partial charge in [0, 0.05) is 12.4 Å². The molecule has 0 aliphatic carbocycles. The Morgan fingerprint density at radius 3 is 2.57 bits per heavy atom. The number of hydrogen-bond donors (Lipinski definition) is 1. The highest BCUT2D eigenvalue weighted by Crippen LogP contribution is 2.32. The summed E-state index contributed by atoms with van der Waals surface area (Å²) in [7, 11) is 0. The zero-order valence-corrected chi connectivity index (χ0v) is 8.79. The molecule has 1 N–H and O–H groups in total. The number of rotatable bonds is 2. The van der Waals surface area contributed by atoms with Crippen LogP contribution in [0.3, 0.4) is 0 Å². The van der Waals surface area contributed by atoms with Crippen LogP contribution in [-0.4, -0.2) is 10.1 Å². The number of aliphatic hydroxyl groups is 1. The fourth-order valence-corrected chi connectivity index (χ4v) is 2.37. The van der Waals surface area contributed by atoms with Crippen LogP contribution in [0.5, 0.6) is 0 Å². The molecule has 2 aromatic rings. The summed E-state index contributed by atoms with van der Waals surface area (Å²) in [6.45, 7) is 0. The number of aromatic nitrogens is 1. The van der Waals surface area contributed by atoms with Gasteiger partial charge in [-0.05, 0) is 29.1 Å². The maximum absolute atomic E-state index is 9.96. The van der Waals surface area contributed by atoms with Gasteiger partial charge in [-0.15, -0.1) is 11.3 Å². The average Bonchev–Trinajstić information content (AvgIpc) is 2.65. The Bertz CT molecular complexity index is 415. The molecule has 14 heavy (non-hydrogen) atoms. The van der Waals surface area contributed by atoms with E-state index >= 15 is 0 Å². The van der Waals surface area contributed by atoms with Gasteiger partial charge in [-0.3, -0.25) is 4.98 Å². The number of thiophene rings is 1. The minimum absolute atomic E-state index is 0.610. The number of nitrogens with zero attached hydrogens (tertiary/aromatic N) is 1. The molecule has 0 radical (unpaired) electrons. The fourth-order valence-electron chi connectivity index (χ4n) is 1.20. The van der Waals surface area contributed by atoms with Crippen molar-refractivity contribution in [2.24, 2.45) is 0 Å². The normalized spacial score (nSPS) is 12.7. The molecule has 2 aromatic heterocycles. The van der Waals surface area contributed by atoms with E-state index in [0.717, 1.165) is 10.4 Å². The van der Waals surface area contributed by atoms with E-state index < -0.39 is 6.10 Å². The van der Waals surface area contributed by atoms with Crippen LogP contribution >= 0.6 is 22.9 Å². The predicted molar refractivity (Wildman–Crippen MR) is 57.6 cm³/mol. The Balaban J connectivity index is 2.34. The molecule has 4 heteroatoms. The number of aliphatic hydroxyl groups excluding tert-OH is 1. The van der Waals surface area contributed by atoms with Crippen molar-refractivity contribution in [3.63, 3.8) is 0 Å². The SMILES string of the molecule is OC(c1ccncc1)c1sccc1Cl. The van der Waals surface area contributed by atoms with Crippen LogP contribution in [0.25, 0.3) is 0 Å². The second kappa shape index (κ2) is 4.09. The van der Waals surface area contributed by atoms with E-state index in [9.17, 15) is 5.11 Å². The van der Waals surface area contributed by atoms with Gasteiger partial charge in [0.1, 0.15) is 6.10 Å². The van der Waals surface area contributed by atoms with E-state index in [1.807, 2.05) is 5.38 Å². The number of pyridine rings is 1. The van der Waals surface area contributed by atoms with Crippen LogP contribution in [-0.2, 0) is 0 Å². The Labute approximate surface area is 90.8 Å². The van der Waals surface area contributed by atoms with E-state index in [1.165, 1.54) is 11.3 Å². The first-order valence-corrected chi connectivity index (χ1v) is 5.35. The molecular formula is C10H8ClNOS. The molecule has 0 spiro atoms. The van der Waals surface area contributed by atoms with E-state index in [-0.39, 0.29) is 0 Å². The lowest BCUT2D eigenvalue weighted by Gasteiger charge is -2.08. The third-order valence-corrected chi connectivity index (χ3v) is 3.33. The van der Waals surface area contributed by atoms with Crippen molar-refractivity contribution in [1.82, 2.24) is 4.98 Å². The van der Waals surface area contributed by atoms with E-state index in [1.54, 1.807) is 30.6 Å². The van der Waals surface area contributed by atoms with Crippen molar-refractivity contribution >= 4 is 22.9 Å². The monoisotopic (exact) mass is 225 g/mol. The second-order valence-electron chi connectivity index (χ2n) is 2.82. The number of halogens is 1. The van der Waals surface area contributed by atoms with Gasteiger partial charge >= 0.3 is 0 Å². The molecule has 1 unspecified atom stereocenters. The third kappa shape index (κ3) is 1.80. The summed E-state index contributed by atoms with van der Waals surface area (Å²) in [5, 5.41) is 12.4. The molecule has 2 heterocycles. The summed E-state index contributed by atoms with van der Waals surface area (Å²) in [4.78, 5) is 4.67. The standard InChI is InChI=1S/C10H8ClNOS/c11-8-3-6-14-10(8)9(13)7-1-4-12-5-2-7/h1-6,9,13H. The van der Waals surface area contributed by atoms with Gasteiger partial charge in [0.2, 0.25) is 0 Å². The van der Waals surface area contributed by atoms with Crippen molar-refractivity contribution in [3.8, 4) is 0 Å². The van der Waals surface area contributed by atoms with Crippen molar-refractivity contribution < 1.29 is 5.11 Å². The second-order valence-corrected chi connectivity index (χ2v) is 4.17. The molecule has 0 amide bonds. The number of hydrogen-bond acceptors (Lipinski definition) is 3. The highest BCUT2D eigenvalue weighted by Gasteiger charge is 2.14. The highest BCUT2D eigenvalue weighted by atomic mass is 35.5. The van der Waals surface area contributed by atoms with Crippen molar-refractivity contribution in [3.05, 3.63) is 51.4 Å². The van der Waals surface area contributed by atoms with Gasteiger partial charge in [-0.25, -0.2) is 0 Å². The summed E-state index contributed by atoms with van der Waals surface area (Å²) in [5.74, 6) is 0. The first-order chi connectivity index (χ1) is 6.79. The maximum Gasteiger partial charge on any atom is 0.115 e. The van der Waals surface area contributed by atoms with Gasteiger partial charge in [0.05, 0.1) is 9.90 Å². The van der Waals surface area contributed by atoms with Crippen LogP contribution in [0.15, 0.2) is 36.0 Å². The van der Waals surface area contributed by atoms with Crippen LogP contribution in [0.2, 0.25) is 5.02 Å². The molecule has 0 fully saturated rings. The van der Waals surface area contributed by atoms with Crippen LogP contribution in [0.4, 0.5) is 0 Å². The highest BCUT2D eigenvalue weighted by molar-refractivity contribution is 7.10. The lowest BCUT2D eigenvalue weighted by Crippen LogP contribution is -1.97. The minimum atomic E-state index is -0.648. The molecular weight excluding hydrogens is 218 g/mol. The first-order valence-electron chi connectivity index (χ1n) is 4.10. The molecule has 72 valence electrons. The molecule has 0 saturated heterocycles. The molecule has 0 saturated carbocycles. The fraction of sp³-hybridized carbons (Fsp3) is 0.100. The lowest BCUT2D eigenvalue weighted by atomic mass is 10.1. The summed E-state index contributed by atoms with van der Waals surface area (Å²) in [6, 6.07) is 5.34. The predicted octanol–water partition coefficient (Wildman–Crippen LogP) is 2.88. The topological polar surface area (TPSA) is 33.1 Å². The Kier molecular flexibility index (Phi) is 2.82. The zero-order valence-electron chi connectivity index (χ0n) is 7.22. The van der Waals surface area contributed by atoms with Crippen molar-refractivity contribution in [1.29, 1.82) is 0 Å². The van der Waals surface area contributed by atoms with E-state index in [0.29, 0.717) is 5.02 Å². The smallest absolute Gasteiger partial charge is 0.115 e. The Morgan fingerprint density at radius 2 is 2.00 bits per heavy atom. The molecule has 0 bridgehead atoms. The zero-order chi connectivity index (χ0) is 9.97. The quantitative estimate of drug-likeness (QED) is 0.853. The first kappa shape index (κ1) is 9.65. The summed E-state index contributed by atoms with van der Waals surface area (Å²) < 4.78 is 0. The third-order valence-electron chi connectivity index (χ3n) is 1.91. The van der Waals surface area contributed by atoms with Crippen LogP contribution in [0.1, 0.15) is 16.5 Å². The molecule has 0 aliphatic heterocycles. The molecule has 2 nitrogen and oxygen atoms in total. The molecule has 2 rings (SSSR count). The van der Waals surface area contributed by atoms with Gasteiger partial charge in [0.15, 0.2) is 0 Å². The summed E-state index contributed by atoms with van der Waals surface area (Å²) in [5.41, 5.74) is 0.810. The largest absolute Gasteiger partial charge is 0.383 e. The van der Waals surface area contributed by atoms with Gasteiger partial charge < -0.3 is 5.11 Å². The summed E-state index contributed by atoms with van der Waals surface area (Å²) >= 11 is 7.37. The van der Waals surface area contributed by atoms with Crippen molar-refractivity contribution in [2.75, 3.05) is 0 Å². The van der Waals surface area contributed by atoms with Crippen molar-refractivity contribution in [2.45, 2.75) is 6.10 Å². The maximum atomic E-state index is 9.96. The van der Waals surface area contributed by atoms with Gasteiger partial charge in [0.25, 0.3) is 0 Å². The summed E-state index contributed by atoms with van der Waals surface area (Å²) in [6.07, 6.45) is 2.66. The van der Waals surface area contributed by atoms with Gasteiger partial charge in [-0.2, -0.15) is 0 Å². The van der Waals surface area contributed by atoms with E-state index in [4.69, 9.17) is 11.6 Å². The van der Waals surface area contributed by atoms with Crippen LogP contribution < -0.4 is 0 Å². The molecule has 1 atom stereocenters. The Hall–Kier alpha value is -0.900. The van der Waals surface area contributed by atoms with E-state index in [2.05, 4.69) is 4.98 Å². The van der Waals surface area contributed by atoms with Crippen LogP contribution in [0, 0.1) is 0 Å². The molecule has 0 aliphatic rings. The lowest BCUT2D eigenvalue weighted by molar-refractivity contribution is 0.224. The average molecular weight is 226 g/mol. The minimum Gasteiger partial charge on any atom is -0.383 e. The molecule has 0 aromatic carbocycles. The Morgan fingerprint density at radius 1 is 1.29 bits per heavy atom. The van der Waals surface area contributed by atoms with Gasteiger partial charge in [-0.1, -0.05) is 11.6 Å².